The smallest absolute Gasteiger partial charge is 0.249 e. The van der Waals surface area contributed by atoms with Crippen LogP contribution in [0.4, 0.5) is 0 Å². The molecule has 3 aromatic rings. The molecular formula is C20H21N5O3S2. The molecule has 0 N–H and O–H groups in total. The van der Waals surface area contributed by atoms with Crippen molar-refractivity contribution in [2.75, 3.05) is 13.1 Å². The van der Waals surface area contributed by atoms with E-state index in [1.807, 2.05) is 30.6 Å². The molecule has 0 saturated carbocycles. The molecule has 0 radical (unpaired) electrons. The van der Waals surface area contributed by atoms with Crippen LogP contribution in [0.5, 0.6) is 5.88 Å². The van der Waals surface area contributed by atoms with Gasteiger partial charge in [0.15, 0.2) is 0 Å². The van der Waals surface area contributed by atoms with Crippen LogP contribution in [-0.4, -0.2) is 57.8 Å². The molecule has 5 heterocycles. The molecule has 1 fully saturated rings. The van der Waals surface area contributed by atoms with Crippen LogP contribution < -0.4 is 4.74 Å². The zero-order valence-corrected chi connectivity index (χ0v) is 18.0. The summed E-state index contributed by atoms with van der Waals surface area (Å²) in [7, 11) is -3.80. The number of pyridine rings is 2. The molecule has 2 aliphatic rings. The van der Waals surface area contributed by atoms with Crippen molar-refractivity contribution in [3.63, 3.8) is 0 Å². The normalized spacial score (nSPS) is 23.4. The third kappa shape index (κ3) is 3.49. The van der Waals surface area contributed by atoms with E-state index in [9.17, 15) is 8.42 Å². The molecule has 1 saturated heterocycles. The molecular weight excluding hydrogens is 422 g/mol. The van der Waals surface area contributed by atoms with Gasteiger partial charge in [0.25, 0.3) is 0 Å². The second-order valence-electron chi connectivity index (χ2n) is 7.46. The van der Waals surface area contributed by atoms with Gasteiger partial charge in [0.05, 0.1) is 29.5 Å². The summed E-state index contributed by atoms with van der Waals surface area (Å²) in [6, 6.07) is 8.37. The summed E-state index contributed by atoms with van der Waals surface area (Å²) in [6.45, 7) is 4.09. The first-order valence-corrected chi connectivity index (χ1v) is 12.0. The van der Waals surface area contributed by atoms with E-state index in [4.69, 9.17) is 4.74 Å². The number of likely N-dealkylation sites (tertiary alicyclic amines) is 1. The summed E-state index contributed by atoms with van der Waals surface area (Å²) in [5.74, 6) is 0.173. The Morgan fingerprint density at radius 1 is 1.10 bits per heavy atom. The molecule has 30 heavy (non-hydrogen) atoms. The summed E-state index contributed by atoms with van der Waals surface area (Å²) in [5.41, 5.74) is 3.55. The highest BCUT2D eigenvalue weighted by molar-refractivity contribution is 7.89. The summed E-state index contributed by atoms with van der Waals surface area (Å²) in [5, 5.41) is 0. The zero-order chi connectivity index (χ0) is 20.7. The summed E-state index contributed by atoms with van der Waals surface area (Å²) in [4.78, 5) is 16.4. The van der Waals surface area contributed by atoms with E-state index in [0.717, 1.165) is 12.2 Å². The Labute approximate surface area is 179 Å². The predicted molar refractivity (Wildman–Crippen MR) is 112 cm³/mol. The van der Waals surface area contributed by atoms with Crippen molar-refractivity contribution in [3.8, 4) is 5.88 Å². The third-order valence-corrected chi connectivity index (χ3v) is 8.33. The van der Waals surface area contributed by atoms with Crippen LogP contribution >= 0.6 is 11.3 Å². The lowest BCUT2D eigenvalue weighted by atomic mass is 10.2. The minimum Gasteiger partial charge on any atom is -0.470 e. The van der Waals surface area contributed by atoms with Crippen molar-refractivity contribution in [2.45, 2.75) is 37.1 Å². The molecule has 5 rings (SSSR count). The first-order valence-electron chi connectivity index (χ1n) is 9.67. The lowest BCUT2D eigenvalue weighted by Crippen LogP contribution is -2.46. The minimum atomic E-state index is -3.80. The van der Waals surface area contributed by atoms with Crippen LogP contribution in [0.1, 0.15) is 16.3 Å². The number of ether oxygens (including phenoxy) is 1. The van der Waals surface area contributed by atoms with Gasteiger partial charge in [0.1, 0.15) is 11.0 Å². The first kappa shape index (κ1) is 19.6. The number of thiazole rings is 1. The van der Waals surface area contributed by atoms with E-state index in [1.54, 1.807) is 35.9 Å². The maximum Gasteiger partial charge on any atom is 0.249 e. The second kappa shape index (κ2) is 7.69. The topological polar surface area (TPSA) is 88.5 Å². The first-order chi connectivity index (χ1) is 14.5. The van der Waals surface area contributed by atoms with E-state index >= 15 is 0 Å². The van der Waals surface area contributed by atoms with Gasteiger partial charge in [-0.2, -0.15) is 4.31 Å². The van der Waals surface area contributed by atoms with E-state index in [1.165, 1.54) is 9.18 Å². The quantitative estimate of drug-likeness (QED) is 0.610. The SMILES string of the molecule is Cc1ncsc1CN1CC2Oc3ncccc3S(=O)(=O)N(Cc3ccccn3)C2C1. The molecule has 2 atom stereocenters. The second-order valence-corrected chi connectivity index (χ2v) is 10.3. The number of fused-ring (bicyclic) bond motifs is 2. The number of hydrogen-bond acceptors (Lipinski definition) is 8. The van der Waals surface area contributed by atoms with Gasteiger partial charge in [0.2, 0.25) is 15.9 Å². The fourth-order valence-corrected chi connectivity index (χ4v) is 6.50. The summed E-state index contributed by atoms with van der Waals surface area (Å²) < 4.78 is 34.9. The average Bonchev–Trinajstić information content (AvgIpc) is 3.31. The van der Waals surface area contributed by atoms with Gasteiger partial charge in [-0.25, -0.2) is 18.4 Å². The average molecular weight is 444 g/mol. The molecule has 156 valence electrons. The molecule has 10 heteroatoms. The number of sulfonamides is 1. The number of aromatic nitrogens is 3. The highest BCUT2D eigenvalue weighted by Gasteiger charge is 2.47. The van der Waals surface area contributed by atoms with Gasteiger partial charge in [-0.05, 0) is 31.2 Å². The number of nitrogens with zero attached hydrogens (tertiary/aromatic N) is 5. The number of hydrogen-bond donors (Lipinski definition) is 0. The standard InChI is InChI=1S/C20H21N5O3S2/c1-14-18(29-13-23-14)12-24-10-16-17(11-24)28-20-19(6-4-8-22-20)30(26,27)25(16)9-15-5-2-3-7-21-15/h2-8,13,16-17H,9-12H2,1H3. The Kier molecular flexibility index (Phi) is 5.02. The largest absolute Gasteiger partial charge is 0.470 e. The molecule has 0 aliphatic carbocycles. The van der Waals surface area contributed by atoms with Gasteiger partial charge in [-0.1, -0.05) is 6.07 Å². The molecule has 0 bridgehead atoms. The highest BCUT2D eigenvalue weighted by Crippen LogP contribution is 2.36. The Morgan fingerprint density at radius 3 is 2.73 bits per heavy atom. The van der Waals surface area contributed by atoms with Gasteiger partial charge in [0, 0.05) is 36.9 Å². The molecule has 2 unspecified atom stereocenters. The zero-order valence-electron chi connectivity index (χ0n) is 16.4. The maximum atomic E-state index is 13.6. The summed E-state index contributed by atoms with van der Waals surface area (Å²) >= 11 is 1.62. The van der Waals surface area contributed by atoms with Crippen LogP contribution in [0.15, 0.2) is 53.1 Å². The van der Waals surface area contributed by atoms with Gasteiger partial charge >= 0.3 is 0 Å². The van der Waals surface area contributed by atoms with Crippen molar-refractivity contribution >= 4 is 21.4 Å². The predicted octanol–water partition coefficient (Wildman–Crippen LogP) is 2.08. The lowest BCUT2D eigenvalue weighted by molar-refractivity contribution is 0.143. The monoisotopic (exact) mass is 443 g/mol. The Hall–Kier alpha value is -2.40. The van der Waals surface area contributed by atoms with Crippen molar-refractivity contribution in [1.29, 1.82) is 0 Å². The van der Waals surface area contributed by atoms with Crippen LogP contribution in [0.3, 0.4) is 0 Å². The Bertz CT molecular complexity index is 1150. The number of aryl methyl sites for hydroxylation is 1. The fraction of sp³-hybridized carbons (Fsp3) is 0.350. The van der Waals surface area contributed by atoms with E-state index < -0.39 is 10.0 Å². The molecule has 2 aliphatic heterocycles. The Morgan fingerprint density at radius 2 is 1.97 bits per heavy atom. The van der Waals surface area contributed by atoms with Gasteiger partial charge < -0.3 is 4.74 Å². The van der Waals surface area contributed by atoms with Crippen LogP contribution in [-0.2, 0) is 23.1 Å². The summed E-state index contributed by atoms with van der Waals surface area (Å²) in [6.07, 6.45) is 2.93. The van der Waals surface area contributed by atoms with Crippen molar-refractivity contribution in [1.82, 2.24) is 24.2 Å². The minimum absolute atomic E-state index is 0.111. The maximum absolute atomic E-state index is 13.6. The Balaban J connectivity index is 1.51. The molecule has 8 nitrogen and oxygen atoms in total. The van der Waals surface area contributed by atoms with E-state index in [0.29, 0.717) is 18.8 Å². The molecule has 0 spiro atoms. The molecule has 3 aromatic heterocycles. The molecule has 0 amide bonds. The molecule has 0 aromatic carbocycles. The van der Waals surface area contributed by atoms with Crippen LogP contribution in [0.2, 0.25) is 0 Å². The highest BCUT2D eigenvalue weighted by atomic mass is 32.2. The van der Waals surface area contributed by atoms with Crippen LogP contribution in [0, 0.1) is 6.92 Å². The fourth-order valence-electron chi connectivity index (χ4n) is 4.00. The van der Waals surface area contributed by atoms with Gasteiger partial charge in [-0.3, -0.25) is 9.88 Å². The van der Waals surface area contributed by atoms with Crippen molar-refractivity contribution < 1.29 is 13.2 Å². The van der Waals surface area contributed by atoms with Crippen molar-refractivity contribution in [2.24, 2.45) is 0 Å². The van der Waals surface area contributed by atoms with Crippen molar-refractivity contribution in [3.05, 3.63) is 64.5 Å². The van der Waals surface area contributed by atoms with Crippen LogP contribution in [0.25, 0.3) is 0 Å². The van der Waals surface area contributed by atoms with E-state index in [2.05, 4.69) is 19.9 Å². The lowest BCUT2D eigenvalue weighted by Gasteiger charge is -2.27. The van der Waals surface area contributed by atoms with E-state index in [-0.39, 0.29) is 29.5 Å². The number of rotatable bonds is 4. The third-order valence-electron chi connectivity index (χ3n) is 5.52. The van der Waals surface area contributed by atoms with Gasteiger partial charge in [-0.15, -0.1) is 11.3 Å².